The molecule has 28 heavy (non-hydrogen) atoms. The van der Waals surface area contributed by atoms with E-state index in [1.807, 2.05) is 12.1 Å². The Kier molecular flexibility index (Phi) is 5.66. The highest BCUT2D eigenvalue weighted by atomic mass is 35.5. The van der Waals surface area contributed by atoms with Gasteiger partial charge in [-0.2, -0.15) is 4.98 Å². The minimum atomic E-state index is -0.0859. The van der Waals surface area contributed by atoms with E-state index in [4.69, 9.17) is 16.1 Å². The summed E-state index contributed by atoms with van der Waals surface area (Å²) >= 11 is 5.88. The average Bonchev–Trinajstić information content (AvgIpc) is 3.26. The molecule has 0 radical (unpaired) electrons. The Hall–Kier alpha value is -2.74. The number of aryl methyl sites for hydroxylation is 2. The van der Waals surface area contributed by atoms with Gasteiger partial charge in [0.25, 0.3) is 0 Å². The van der Waals surface area contributed by atoms with Crippen LogP contribution in [0.5, 0.6) is 0 Å². The summed E-state index contributed by atoms with van der Waals surface area (Å²) in [4.78, 5) is 16.5. The van der Waals surface area contributed by atoms with Crippen LogP contribution in [0.2, 0.25) is 5.02 Å². The van der Waals surface area contributed by atoms with Crippen LogP contribution in [0.3, 0.4) is 0 Å². The zero-order valence-electron chi connectivity index (χ0n) is 15.4. The first-order chi connectivity index (χ1) is 13.7. The van der Waals surface area contributed by atoms with Crippen LogP contribution in [0.15, 0.2) is 28.8 Å². The van der Waals surface area contributed by atoms with Crippen molar-refractivity contribution in [2.45, 2.75) is 51.6 Å². The van der Waals surface area contributed by atoms with Crippen LogP contribution in [0.1, 0.15) is 43.2 Å². The zero-order valence-corrected chi connectivity index (χ0v) is 16.2. The molecule has 8 nitrogen and oxygen atoms in total. The highest BCUT2D eigenvalue weighted by Crippen LogP contribution is 2.19. The number of fused-ring (bicyclic) bond motifs is 1. The van der Waals surface area contributed by atoms with Crippen molar-refractivity contribution >= 4 is 17.5 Å². The SMILES string of the molecule is O=C(CCc1nc(-c2ccc(Cl)cc2)no1)NCc1nnc2n1CCCCC2. The summed E-state index contributed by atoms with van der Waals surface area (Å²) in [5.74, 6) is 2.65. The summed E-state index contributed by atoms with van der Waals surface area (Å²) in [5.41, 5.74) is 0.816. The molecule has 4 rings (SSSR count). The monoisotopic (exact) mass is 400 g/mol. The number of carbonyl (C=O) groups is 1. The minimum absolute atomic E-state index is 0.0859. The molecule has 3 heterocycles. The highest BCUT2D eigenvalue weighted by molar-refractivity contribution is 6.30. The number of aromatic nitrogens is 5. The number of nitrogens with one attached hydrogen (secondary N) is 1. The Balaban J connectivity index is 1.28. The van der Waals surface area contributed by atoms with Crippen molar-refractivity contribution in [2.24, 2.45) is 0 Å². The third kappa shape index (κ3) is 4.39. The number of benzene rings is 1. The van der Waals surface area contributed by atoms with Gasteiger partial charge in [-0.25, -0.2) is 0 Å². The maximum atomic E-state index is 12.2. The summed E-state index contributed by atoms with van der Waals surface area (Å²) in [6.45, 7) is 1.30. The molecule has 0 saturated carbocycles. The summed E-state index contributed by atoms with van der Waals surface area (Å²) in [5, 5.41) is 16.0. The molecule has 1 N–H and O–H groups in total. The van der Waals surface area contributed by atoms with Gasteiger partial charge in [0.05, 0.1) is 6.54 Å². The lowest BCUT2D eigenvalue weighted by molar-refractivity contribution is -0.121. The molecule has 0 aliphatic carbocycles. The van der Waals surface area contributed by atoms with E-state index in [-0.39, 0.29) is 12.3 Å². The molecule has 1 aliphatic rings. The van der Waals surface area contributed by atoms with Crippen LogP contribution < -0.4 is 5.32 Å². The number of hydrogen-bond acceptors (Lipinski definition) is 6. The summed E-state index contributed by atoms with van der Waals surface area (Å²) in [6.07, 6.45) is 5.07. The molecule has 0 bridgehead atoms. The van der Waals surface area contributed by atoms with Gasteiger partial charge in [-0.15, -0.1) is 10.2 Å². The van der Waals surface area contributed by atoms with E-state index in [1.165, 1.54) is 6.42 Å². The summed E-state index contributed by atoms with van der Waals surface area (Å²) in [6, 6.07) is 7.19. The Morgan fingerprint density at radius 1 is 1.18 bits per heavy atom. The summed E-state index contributed by atoms with van der Waals surface area (Å²) in [7, 11) is 0. The van der Waals surface area contributed by atoms with Gasteiger partial charge in [-0.3, -0.25) is 4.79 Å². The molecule has 0 atom stereocenters. The number of nitrogens with zero attached hydrogens (tertiary/aromatic N) is 5. The van der Waals surface area contributed by atoms with Gasteiger partial charge in [-0.1, -0.05) is 23.2 Å². The zero-order chi connectivity index (χ0) is 19.3. The maximum absolute atomic E-state index is 12.2. The van der Waals surface area contributed by atoms with Gasteiger partial charge < -0.3 is 14.4 Å². The standard InChI is InChI=1S/C19H21ClN6O2/c20-14-7-5-13(6-8-14)19-22-18(28-25-19)10-9-17(27)21-12-16-24-23-15-4-2-1-3-11-26(15)16/h5-8H,1-4,9-12H2,(H,21,27). The molecule has 2 aromatic heterocycles. The lowest BCUT2D eigenvalue weighted by Gasteiger charge is -2.07. The first kappa shape index (κ1) is 18.6. The topological polar surface area (TPSA) is 98.7 Å². The molecule has 146 valence electrons. The quantitative estimate of drug-likeness (QED) is 0.683. The van der Waals surface area contributed by atoms with Gasteiger partial charge in [0.15, 0.2) is 5.82 Å². The van der Waals surface area contributed by atoms with Crippen molar-refractivity contribution in [1.29, 1.82) is 0 Å². The van der Waals surface area contributed by atoms with Crippen molar-refractivity contribution in [3.63, 3.8) is 0 Å². The van der Waals surface area contributed by atoms with E-state index < -0.39 is 0 Å². The number of amides is 1. The second kappa shape index (κ2) is 8.52. The molecule has 1 aliphatic heterocycles. The lowest BCUT2D eigenvalue weighted by Crippen LogP contribution is -2.25. The molecule has 1 aromatic carbocycles. The van der Waals surface area contributed by atoms with Crippen LogP contribution in [-0.4, -0.2) is 30.8 Å². The number of carbonyl (C=O) groups excluding carboxylic acids is 1. The Morgan fingerprint density at radius 2 is 2.04 bits per heavy atom. The Morgan fingerprint density at radius 3 is 2.89 bits per heavy atom. The fourth-order valence-electron chi connectivity index (χ4n) is 3.24. The van der Waals surface area contributed by atoms with Crippen molar-refractivity contribution in [1.82, 2.24) is 30.2 Å². The van der Waals surface area contributed by atoms with Gasteiger partial charge in [-0.05, 0) is 37.1 Å². The van der Waals surface area contributed by atoms with E-state index in [0.29, 0.717) is 29.7 Å². The first-order valence-electron chi connectivity index (χ1n) is 9.45. The van der Waals surface area contributed by atoms with Gasteiger partial charge >= 0.3 is 0 Å². The lowest BCUT2D eigenvalue weighted by atomic mass is 10.2. The predicted octanol–water partition coefficient (Wildman–Crippen LogP) is 2.96. The number of rotatable bonds is 6. The second-order valence-electron chi connectivity index (χ2n) is 6.79. The van der Waals surface area contributed by atoms with Crippen molar-refractivity contribution < 1.29 is 9.32 Å². The van der Waals surface area contributed by atoms with Crippen LogP contribution in [-0.2, 0) is 30.7 Å². The smallest absolute Gasteiger partial charge is 0.227 e. The van der Waals surface area contributed by atoms with E-state index in [2.05, 4.69) is 30.2 Å². The maximum Gasteiger partial charge on any atom is 0.227 e. The molecule has 9 heteroatoms. The van der Waals surface area contributed by atoms with Crippen molar-refractivity contribution in [2.75, 3.05) is 0 Å². The van der Waals surface area contributed by atoms with Crippen LogP contribution >= 0.6 is 11.6 Å². The van der Waals surface area contributed by atoms with Crippen molar-refractivity contribution in [3.8, 4) is 11.4 Å². The first-order valence-corrected chi connectivity index (χ1v) is 9.83. The molecule has 3 aromatic rings. The number of halogens is 1. The van der Waals surface area contributed by atoms with E-state index in [9.17, 15) is 4.79 Å². The Labute approximate surface area is 167 Å². The molecule has 0 unspecified atom stereocenters. The van der Waals surface area contributed by atoms with E-state index in [1.54, 1.807) is 12.1 Å². The Bertz CT molecular complexity index is 950. The third-order valence-corrected chi connectivity index (χ3v) is 5.02. The van der Waals surface area contributed by atoms with Crippen LogP contribution in [0.25, 0.3) is 11.4 Å². The molecule has 1 amide bonds. The average molecular weight is 401 g/mol. The molecule has 0 saturated heterocycles. The summed E-state index contributed by atoms with van der Waals surface area (Å²) < 4.78 is 7.37. The fraction of sp³-hybridized carbons (Fsp3) is 0.421. The predicted molar refractivity (Wildman–Crippen MR) is 102 cm³/mol. The van der Waals surface area contributed by atoms with Crippen LogP contribution in [0.4, 0.5) is 0 Å². The highest BCUT2D eigenvalue weighted by Gasteiger charge is 2.16. The normalized spacial score (nSPS) is 13.8. The fourth-order valence-corrected chi connectivity index (χ4v) is 3.36. The van der Waals surface area contributed by atoms with E-state index >= 15 is 0 Å². The van der Waals surface area contributed by atoms with Crippen LogP contribution in [0, 0.1) is 0 Å². The largest absolute Gasteiger partial charge is 0.349 e. The molecule has 0 spiro atoms. The molecular weight excluding hydrogens is 380 g/mol. The van der Waals surface area contributed by atoms with Gasteiger partial charge in [0, 0.05) is 36.4 Å². The second-order valence-corrected chi connectivity index (χ2v) is 7.23. The van der Waals surface area contributed by atoms with E-state index in [0.717, 1.165) is 43.0 Å². The third-order valence-electron chi connectivity index (χ3n) is 4.77. The van der Waals surface area contributed by atoms with Gasteiger partial charge in [0.2, 0.25) is 17.6 Å². The minimum Gasteiger partial charge on any atom is -0.349 e. The number of hydrogen-bond donors (Lipinski definition) is 1. The molecular formula is C19H21ClN6O2. The van der Waals surface area contributed by atoms with Gasteiger partial charge in [0.1, 0.15) is 5.82 Å². The van der Waals surface area contributed by atoms with Crippen molar-refractivity contribution in [3.05, 3.63) is 46.8 Å². The molecule has 0 fully saturated rings.